The molecule has 5 heteroatoms. The Hall–Kier alpha value is -1.36. The van der Waals surface area contributed by atoms with E-state index in [1.807, 2.05) is 13.0 Å². The van der Waals surface area contributed by atoms with Gasteiger partial charge in [0, 0.05) is 16.6 Å². The summed E-state index contributed by atoms with van der Waals surface area (Å²) in [6.07, 6.45) is 0.873. The van der Waals surface area contributed by atoms with Crippen LogP contribution in [0, 0.1) is 0 Å². The molecular weight excluding hydrogens is 296 g/mol. The number of hydrogen-bond donors (Lipinski definition) is 2. The maximum atomic E-state index is 11.9. The zero-order valence-electron chi connectivity index (χ0n) is 10.5. The average Bonchev–Trinajstić information content (AvgIpc) is 2.35. The fourth-order valence-electron chi connectivity index (χ4n) is 1.38. The molecule has 98 valence electrons. The molecule has 0 aliphatic rings. The van der Waals surface area contributed by atoms with Crippen LogP contribution in [0.2, 0.25) is 0 Å². The molecule has 0 unspecified atom stereocenters. The molecule has 0 radical (unpaired) electrons. The third-order valence-electron chi connectivity index (χ3n) is 2.38. The lowest BCUT2D eigenvalue weighted by molar-refractivity contribution is -0.122. The largest absolute Gasteiger partial charge is 0.354 e. The molecule has 4 nitrogen and oxygen atoms in total. The SMILES string of the molecule is CCCNC(=O)[C@@H](C)NC(=O)c1cccc(Br)c1. The highest BCUT2D eigenvalue weighted by molar-refractivity contribution is 9.10. The van der Waals surface area contributed by atoms with Crippen LogP contribution < -0.4 is 10.6 Å². The molecule has 1 rings (SSSR count). The second-order valence-electron chi connectivity index (χ2n) is 4.00. The Balaban J connectivity index is 2.56. The van der Waals surface area contributed by atoms with E-state index >= 15 is 0 Å². The van der Waals surface area contributed by atoms with E-state index in [1.54, 1.807) is 25.1 Å². The van der Waals surface area contributed by atoms with Crippen molar-refractivity contribution in [2.45, 2.75) is 26.3 Å². The Morgan fingerprint density at radius 2 is 2.11 bits per heavy atom. The molecule has 0 aromatic heterocycles. The first-order chi connectivity index (χ1) is 8.54. The van der Waals surface area contributed by atoms with Gasteiger partial charge in [-0.1, -0.05) is 28.9 Å². The van der Waals surface area contributed by atoms with E-state index in [9.17, 15) is 9.59 Å². The molecule has 0 fully saturated rings. The van der Waals surface area contributed by atoms with Crippen molar-refractivity contribution in [1.29, 1.82) is 0 Å². The smallest absolute Gasteiger partial charge is 0.251 e. The zero-order valence-corrected chi connectivity index (χ0v) is 12.1. The van der Waals surface area contributed by atoms with Crippen LogP contribution in [0.25, 0.3) is 0 Å². The average molecular weight is 313 g/mol. The molecular formula is C13H17BrN2O2. The van der Waals surface area contributed by atoms with Crippen molar-refractivity contribution >= 4 is 27.7 Å². The van der Waals surface area contributed by atoms with Crippen LogP contribution in [-0.4, -0.2) is 24.4 Å². The summed E-state index contributed by atoms with van der Waals surface area (Å²) in [5, 5.41) is 5.40. The summed E-state index contributed by atoms with van der Waals surface area (Å²) in [6, 6.07) is 6.50. The Kier molecular flexibility index (Phi) is 5.85. The van der Waals surface area contributed by atoms with Crippen molar-refractivity contribution in [2.75, 3.05) is 6.54 Å². The summed E-state index contributed by atoms with van der Waals surface area (Å²) < 4.78 is 0.832. The summed E-state index contributed by atoms with van der Waals surface area (Å²) in [5.41, 5.74) is 0.527. The van der Waals surface area contributed by atoms with Crippen LogP contribution in [0.3, 0.4) is 0 Å². The minimum absolute atomic E-state index is 0.166. The highest BCUT2D eigenvalue weighted by Gasteiger charge is 2.15. The fraction of sp³-hybridized carbons (Fsp3) is 0.385. The van der Waals surface area contributed by atoms with Crippen molar-refractivity contribution in [2.24, 2.45) is 0 Å². The van der Waals surface area contributed by atoms with Gasteiger partial charge in [0.05, 0.1) is 0 Å². The van der Waals surface area contributed by atoms with E-state index in [-0.39, 0.29) is 11.8 Å². The number of nitrogens with one attached hydrogen (secondary N) is 2. The lowest BCUT2D eigenvalue weighted by Gasteiger charge is -2.13. The van der Waals surface area contributed by atoms with Gasteiger partial charge in [0.15, 0.2) is 0 Å². The normalized spacial score (nSPS) is 11.7. The van der Waals surface area contributed by atoms with Crippen molar-refractivity contribution in [3.05, 3.63) is 34.3 Å². The van der Waals surface area contributed by atoms with Crippen LogP contribution in [0.1, 0.15) is 30.6 Å². The van der Waals surface area contributed by atoms with Crippen molar-refractivity contribution < 1.29 is 9.59 Å². The maximum Gasteiger partial charge on any atom is 0.251 e. The molecule has 0 aliphatic carbocycles. The van der Waals surface area contributed by atoms with Gasteiger partial charge >= 0.3 is 0 Å². The first-order valence-corrected chi connectivity index (χ1v) is 6.68. The summed E-state index contributed by atoms with van der Waals surface area (Å²) in [5.74, 6) is -0.421. The molecule has 0 heterocycles. The van der Waals surface area contributed by atoms with Gasteiger partial charge < -0.3 is 10.6 Å². The lowest BCUT2D eigenvalue weighted by Crippen LogP contribution is -2.45. The Labute approximate surface area is 115 Å². The Bertz CT molecular complexity index is 435. The van der Waals surface area contributed by atoms with Crippen molar-refractivity contribution in [3.8, 4) is 0 Å². The number of hydrogen-bond acceptors (Lipinski definition) is 2. The molecule has 0 saturated carbocycles. The van der Waals surface area contributed by atoms with Crippen LogP contribution >= 0.6 is 15.9 Å². The Morgan fingerprint density at radius 3 is 2.72 bits per heavy atom. The molecule has 0 aliphatic heterocycles. The number of carbonyl (C=O) groups is 2. The molecule has 2 N–H and O–H groups in total. The summed E-state index contributed by atoms with van der Waals surface area (Å²) in [7, 11) is 0. The molecule has 0 bridgehead atoms. The van der Waals surface area contributed by atoms with Gasteiger partial charge in [-0.15, -0.1) is 0 Å². The summed E-state index contributed by atoms with van der Waals surface area (Å²) >= 11 is 3.30. The third kappa shape index (κ3) is 4.49. The van der Waals surface area contributed by atoms with Gasteiger partial charge in [-0.2, -0.15) is 0 Å². The highest BCUT2D eigenvalue weighted by Crippen LogP contribution is 2.11. The molecule has 0 spiro atoms. The quantitative estimate of drug-likeness (QED) is 0.874. The van der Waals surface area contributed by atoms with Gasteiger partial charge in [-0.25, -0.2) is 0 Å². The first kappa shape index (κ1) is 14.7. The molecule has 0 saturated heterocycles. The number of carbonyl (C=O) groups excluding carboxylic acids is 2. The van der Waals surface area contributed by atoms with Crippen LogP contribution in [0.15, 0.2) is 28.7 Å². The Morgan fingerprint density at radius 1 is 1.39 bits per heavy atom. The van der Waals surface area contributed by atoms with Gasteiger partial charge in [-0.05, 0) is 31.5 Å². The number of rotatable bonds is 5. The van der Waals surface area contributed by atoms with Gasteiger partial charge in [0.1, 0.15) is 6.04 Å². The number of amides is 2. The fourth-order valence-corrected chi connectivity index (χ4v) is 1.78. The lowest BCUT2D eigenvalue weighted by atomic mass is 10.2. The zero-order chi connectivity index (χ0) is 13.5. The minimum Gasteiger partial charge on any atom is -0.354 e. The molecule has 18 heavy (non-hydrogen) atoms. The predicted molar refractivity (Wildman–Crippen MR) is 74.4 cm³/mol. The second kappa shape index (κ2) is 7.16. The predicted octanol–water partition coefficient (Wildman–Crippen LogP) is 2.09. The van der Waals surface area contributed by atoms with E-state index in [2.05, 4.69) is 26.6 Å². The van der Waals surface area contributed by atoms with Crippen molar-refractivity contribution in [3.63, 3.8) is 0 Å². The maximum absolute atomic E-state index is 11.9. The highest BCUT2D eigenvalue weighted by atomic mass is 79.9. The number of benzene rings is 1. The molecule has 1 atom stereocenters. The minimum atomic E-state index is -0.539. The second-order valence-corrected chi connectivity index (χ2v) is 4.91. The molecule has 1 aromatic carbocycles. The third-order valence-corrected chi connectivity index (χ3v) is 2.87. The molecule has 1 aromatic rings. The van der Waals surface area contributed by atoms with Gasteiger partial charge in [0.25, 0.3) is 5.91 Å². The van der Waals surface area contributed by atoms with E-state index in [0.29, 0.717) is 12.1 Å². The van der Waals surface area contributed by atoms with Crippen LogP contribution in [-0.2, 0) is 4.79 Å². The van der Waals surface area contributed by atoms with Gasteiger partial charge in [-0.3, -0.25) is 9.59 Å². The van der Waals surface area contributed by atoms with E-state index in [1.165, 1.54) is 0 Å². The topological polar surface area (TPSA) is 58.2 Å². The summed E-state index contributed by atoms with van der Waals surface area (Å²) in [6.45, 7) is 4.27. The standard InChI is InChI=1S/C13H17BrN2O2/c1-3-7-15-12(17)9(2)16-13(18)10-5-4-6-11(14)8-10/h4-6,8-9H,3,7H2,1-2H3,(H,15,17)(H,16,18)/t9-/m1/s1. The van der Waals surface area contributed by atoms with Crippen LogP contribution in [0.4, 0.5) is 0 Å². The number of halogens is 1. The van der Waals surface area contributed by atoms with Crippen LogP contribution in [0.5, 0.6) is 0 Å². The molecule has 2 amide bonds. The summed E-state index contributed by atoms with van der Waals surface area (Å²) in [4.78, 5) is 23.5. The van der Waals surface area contributed by atoms with E-state index in [4.69, 9.17) is 0 Å². The monoisotopic (exact) mass is 312 g/mol. The first-order valence-electron chi connectivity index (χ1n) is 5.88. The van der Waals surface area contributed by atoms with Crippen molar-refractivity contribution in [1.82, 2.24) is 10.6 Å². The van der Waals surface area contributed by atoms with E-state index < -0.39 is 6.04 Å². The van der Waals surface area contributed by atoms with E-state index in [0.717, 1.165) is 10.9 Å². The van der Waals surface area contributed by atoms with Gasteiger partial charge in [0.2, 0.25) is 5.91 Å².